The molecule has 4 aromatic rings. The number of aliphatic carboxylic acids is 1. The van der Waals surface area contributed by atoms with E-state index in [-0.39, 0.29) is 24.7 Å². The molecule has 0 saturated carbocycles. The van der Waals surface area contributed by atoms with Crippen LogP contribution in [-0.2, 0) is 16.0 Å². The monoisotopic (exact) mass is 594 g/mol. The van der Waals surface area contributed by atoms with Crippen LogP contribution in [0.25, 0.3) is 0 Å². The first-order valence-electron chi connectivity index (χ1n) is 13.8. The van der Waals surface area contributed by atoms with Crippen molar-refractivity contribution < 1.29 is 24.2 Å². The zero-order valence-electron chi connectivity index (χ0n) is 24.2. The highest BCUT2D eigenvalue weighted by atomic mass is 32.2. The minimum absolute atomic E-state index is 0.170. The van der Waals surface area contributed by atoms with Gasteiger partial charge in [-0.25, -0.2) is 4.79 Å². The van der Waals surface area contributed by atoms with Gasteiger partial charge in [-0.15, -0.1) is 11.8 Å². The highest BCUT2D eigenvalue weighted by Gasteiger charge is 2.22. The van der Waals surface area contributed by atoms with Gasteiger partial charge < -0.3 is 20.1 Å². The lowest BCUT2D eigenvalue weighted by molar-refractivity contribution is -0.137. The molecule has 2 N–H and O–H groups in total. The second kappa shape index (κ2) is 14.9. The molecular weight excluding hydrogens is 560 g/mol. The summed E-state index contributed by atoms with van der Waals surface area (Å²) >= 11 is 1.60. The number of ether oxygens (including phenoxy) is 1. The Bertz CT molecular complexity index is 1590. The molecule has 1 amide bonds. The summed E-state index contributed by atoms with van der Waals surface area (Å²) in [7, 11) is 0. The molecule has 4 rings (SSSR count). The number of para-hydroxylation sites is 1. The number of amides is 1. The fourth-order valence-corrected chi connectivity index (χ4v) is 4.96. The molecule has 1 atom stereocenters. The molecular formula is C35H34N2O5S. The molecule has 0 aliphatic heterocycles. The van der Waals surface area contributed by atoms with E-state index in [0.717, 1.165) is 16.1 Å². The maximum atomic E-state index is 13.1. The number of nitrogens with one attached hydrogen (secondary N) is 1. The summed E-state index contributed by atoms with van der Waals surface area (Å²) in [5.74, 6) is -0.788. The highest BCUT2D eigenvalue weighted by molar-refractivity contribution is 7.98. The average Bonchev–Trinajstić information content (AvgIpc) is 3.03. The number of hydrogen-bond acceptors (Lipinski definition) is 6. The number of hydrogen-bond donors (Lipinski definition) is 2. The Morgan fingerprint density at radius 3 is 2.30 bits per heavy atom. The number of thioether (sulfide) groups is 1. The molecule has 0 fully saturated rings. The number of carbonyl (C=O) groups excluding carboxylic acids is 2. The molecule has 0 heterocycles. The van der Waals surface area contributed by atoms with E-state index in [1.54, 1.807) is 84.2 Å². The Morgan fingerprint density at radius 1 is 0.930 bits per heavy atom. The third-order valence-corrected chi connectivity index (χ3v) is 7.48. The first-order valence-corrected chi connectivity index (χ1v) is 15.0. The molecule has 0 aliphatic carbocycles. The number of nitrogens with zero attached hydrogens (tertiary/aromatic N) is 1. The van der Waals surface area contributed by atoms with E-state index in [4.69, 9.17) is 4.74 Å². The van der Waals surface area contributed by atoms with Crippen LogP contribution in [0.2, 0.25) is 0 Å². The van der Waals surface area contributed by atoms with Crippen LogP contribution in [0.15, 0.2) is 120 Å². The van der Waals surface area contributed by atoms with Crippen molar-refractivity contribution in [3.05, 3.63) is 132 Å². The van der Waals surface area contributed by atoms with Crippen LogP contribution in [0.1, 0.15) is 28.4 Å². The van der Waals surface area contributed by atoms with E-state index in [9.17, 15) is 19.5 Å². The number of rotatable bonds is 14. The molecule has 0 bridgehead atoms. The Labute approximate surface area is 256 Å². The van der Waals surface area contributed by atoms with Gasteiger partial charge in [0.1, 0.15) is 18.4 Å². The molecule has 0 aliphatic rings. The predicted molar refractivity (Wildman–Crippen MR) is 172 cm³/mol. The number of benzene rings is 4. The Balaban J connectivity index is 1.40. The van der Waals surface area contributed by atoms with Crippen molar-refractivity contribution in [3.63, 3.8) is 0 Å². The summed E-state index contributed by atoms with van der Waals surface area (Å²) in [5.41, 5.74) is 3.39. The van der Waals surface area contributed by atoms with Crippen LogP contribution in [0, 0.1) is 0 Å². The molecule has 0 radical (unpaired) electrons. The molecule has 43 heavy (non-hydrogen) atoms. The summed E-state index contributed by atoms with van der Waals surface area (Å²) in [6, 6.07) is 29.8. The Morgan fingerprint density at radius 2 is 1.63 bits per heavy atom. The minimum Gasteiger partial charge on any atom is -0.492 e. The largest absolute Gasteiger partial charge is 0.492 e. The summed E-state index contributed by atoms with van der Waals surface area (Å²) in [5, 5.41) is 13.0. The molecule has 4 aromatic carbocycles. The normalized spacial score (nSPS) is 11.3. The zero-order valence-corrected chi connectivity index (χ0v) is 25.0. The lowest BCUT2D eigenvalue weighted by Crippen LogP contribution is -2.35. The van der Waals surface area contributed by atoms with E-state index < -0.39 is 12.0 Å². The van der Waals surface area contributed by atoms with Crippen LogP contribution < -0.4 is 15.0 Å². The smallest absolute Gasteiger partial charge is 0.326 e. The summed E-state index contributed by atoms with van der Waals surface area (Å²) < 4.78 is 5.93. The third-order valence-electron chi connectivity index (χ3n) is 6.76. The second-order valence-corrected chi connectivity index (χ2v) is 10.8. The van der Waals surface area contributed by atoms with Gasteiger partial charge in [-0.3, -0.25) is 9.59 Å². The lowest BCUT2D eigenvalue weighted by Gasteiger charge is -2.23. The number of ketones is 1. The van der Waals surface area contributed by atoms with Gasteiger partial charge in [0.05, 0.1) is 6.54 Å². The zero-order chi connectivity index (χ0) is 30.8. The van der Waals surface area contributed by atoms with Crippen LogP contribution in [0.5, 0.6) is 5.75 Å². The maximum absolute atomic E-state index is 13.1. The number of carboxylic acid groups (broad SMARTS) is 1. The number of carbonyl (C=O) groups is 3. The third kappa shape index (κ3) is 8.36. The van der Waals surface area contributed by atoms with Gasteiger partial charge in [-0.05, 0) is 61.2 Å². The SMILES string of the molecule is C=C(C)C(=O)N(CCOc1ccc(C[C@H](Nc2ccccc2C(=O)c2ccccc2)C(=O)O)cc1)c1cccc(SC)c1. The van der Waals surface area contributed by atoms with Crippen molar-refractivity contribution in [1.82, 2.24) is 0 Å². The van der Waals surface area contributed by atoms with Crippen molar-refractivity contribution in [3.8, 4) is 5.75 Å². The Hall–Kier alpha value is -4.82. The topological polar surface area (TPSA) is 95.9 Å². The standard InChI is InChI=1S/C35H34N2O5S/c1-24(2)34(39)37(27-12-9-13-29(23-27)43-3)20-21-42-28-18-16-25(17-19-28)22-32(35(40)41)36-31-15-8-7-14-30(31)33(38)26-10-5-4-6-11-26/h4-19,23,32,36H,1,20-22H2,2-3H3,(H,40,41)/t32-/m0/s1. The first-order chi connectivity index (χ1) is 20.8. The molecule has 0 aromatic heterocycles. The molecule has 0 unspecified atom stereocenters. The quantitative estimate of drug-likeness (QED) is 0.0949. The molecule has 8 heteroatoms. The van der Waals surface area contributed by atoms with E-state index >= 15 is 0 Å². The van der Waals surface area contributed by atoms with Gasteiger partial charge in [0, 0.05) is 39.4 Å². The first kappa shape index (κ1) is 31.1. The maximum Gasteiger partial charge on any atom is 0.326 e. The van der Waals surface area contributed by atoms with Gasteiger partial charge in [0.2, 0.25) is 0 Å². The van der Waals surface area contributed by atoms with E-state index in [1.807, 2.05) is 48.7 Å². The van der Waals surface area contributed by atoms with Gasteiger partial charge in [0.25, 0.3) is 5.91 Å². The number of anilines is 2. The van der Waals surface area contributed by atoms with Gasteiger partial charge in [0.15, 0.2) is 5.78 Å². The van der Waals surface area contributed by atoms with Crippen LogP contribution in [-0.4, -0.2) is 48.2 Å². The highest BCUT2D eigenvalue weighted by Crippen LogP contribution is 2.24. The molecule has 0 saturated heterocycles. The predicted octanol–water partition coefficient (Wildman–Crippen LogP) is 6.74. The fourth-order valence-electron chi connectivity index (χ4n) is 4.51. The van der Waals surface area contributed by atoms with Gasteiger partial charge in [-0.1, -0.05) is 67.2 Å². The van der Waals surface area contributed by atoms with Crippen LogP contribution >= 0.6 is 11.8 Å². The average molecular weight is 595 g/mol. The minimum atomic E-state index is -1.03. The summed E-state index contributed by atoms with van der Waals surface area (Å²) in [4.78, 5) is 40.8. The van der Waals surface area contributed by atoms with E-state index in [2.05, 4.69) is 11.9 Å². The summed E-state index contributed by atoms with van der Waals surface area (Å²) in [6.07, 6.45) is 2.17. The fraction of sp³-hybridized carbons (Fsp3) is 0.171. The van der Waals surface area contributed by atoms with Gasteiger partial charge in [-0.2, -0.15) is 0 Å². The van der Waals surface area contributed by atoms with E-state index in [1.165, 1.54) is 0 Å². The molecule has 220 valence electrons. The molecule has 0 spiro atoms. The van der Waals surface area contributed by atoms with Crippen molar-refractivity contribution in [2.75, 3.05) is 29.6 Å². The van der Waals surface area contributed by atoms with Crippen molar-refractivity contribution in [2.45, 2.75) is 24.3 Å². The number of carboxylic acids is 1. The van der Waals surface area contributed by atoms with E-state index in [0.29, 0.717) is 34.7 Å². The van der Waals surface area contributed by atoms with Crippen LogP contribution in [0.3, 0.4) is 0 Å². The van der Waals surface area contributed by atoms with Crippen molar-refractivity contribution in [2.24, 2.45) is 0 Å². The summed E-state index contributed by atoms with van der Waals surface area (Å²) in [6.45, 7) is 6.08. The Kier molecular flexibility index (Phi) is 10.8. The molecule has 7 nitrogen and oxygen atoms in total. The van der Waals surface area contributed by atoms with Crippen LogP contribution in [0.4, 0.5) is 11.4 Å². The van der Waals surface area contributed by atoms with Gasteiger partial charge >= 0.3 is 5.97 Å². The lowest BCUT2D eigenvalue weighted by atomic mass is 10.00. The van der Waals surface area contributed by atoms with Crippen molar-refractivity contribution in [1.29, 1.82) is 0 Å². The second-order valence-electron chi connectivity index (χ2n) is 9.91. The van der Waals surface area contributed by atoms with Crippen molar-refractivity contribution >= 4 is 40.8 Å².